The number of hydrogen-bond donors (Lipinski definition) is 5. The van der Waals surface area contributed by atoms with Crippen molar-refractivity contribution in [2.24, 2.45) is 4.99 Å². The first kappa shape index (κ1) is 19.9. The van der Waals surface area contributed by atoms with Crippen molar-refractivity contribution in [3.8, 4) is 0 Å². The zero-order valence-corrected chi connectivity index (χ0v) is 15.1. The van der Waals surface area contributed by atoms with Gasteiger partial charge in [-0.05, 0) is 13.8 Å². The number of fused-ring (bicyclic) bond motifs is 1. The average molecular weight is 395 g/mol. The van der Waals surface area contributed by atoms with E-state index in [1.165, 1.54) is 12.7 Å². The molecule has 12 nitrogen and oxygen atoms in total. The maximum atomic E-state index is 11.2. The minimum Gasteiger partial charge on any atom is -0.479 e. The molecule has 2 aromatic heterocycles. The minimum atomic E-state index is -1.81. The third-order valence-corrected chi connectivity index (χ3v) is 4.11. The Morgan fingerprint density at radius 3 is 2.75 bits per heavy atom. The van der Waals surface area contributed by atoms with Crippen molar-refractivity contribution >= 4 is 17.1 Å². The Hall–Kier alpha value is -2.80. The Morgan fingerprint density at radius 2 is 2.07 bits per heavy atom. The molecule has 1 aliphatic heterocycles. The smallest absolute Gasteiger partial charge is 0.335 e. The highest BCUT2D eigenvalue weighted by Gasteiger charge is 2.48. The van der Waals surface area contributed by atoms with Gasteiger partial charge in [0.2, 0.25) is 0 Å². The Balaban J connectivity index is 1.89. The number of aromatic nitrogens is 4. The van der Waals surface area contributed by atoms with Crippen LogP contribution in [-0.4, -0.2) is 83.3 Å². The molecule has 152 valence electrons. The zero-order valence-electron chi connectivity index (χ0n) is 15.1. The fourth-order valence-corrected chi connectivity index (χ4v) is 2.61. The lowest BCUT2D eigenvalue weighted by atomic mass is 9.99. The van der Waals surface area contributed by atoms with Crippen LogP contribution in [0.15, 0.2) is 29.3 Å². The van der Waals surface area contributed by atoms with Gasteiger partial charge in [-0.2, -0.15) is 0 Å². The van der Waals surface area contributed by atoms with E-state index in [-0.39, 0.29) is 5.65 Å². The summed E-state index contributed by atoms with van der Waals surface area (Å²) in [7, 11) is 0. The van der Waals surface area contributed by atoms with Crippen LogP contribution in [0, 0.1) is 0 Å². The lowest BCUT2D eigenvalue weighted by molar-refractivity contribution is -0.292. The van der Waals surface area contributed by atoms with Crippen LogP contribution in [0.3, 0.4) is 0 Å². The second-order valence-electron chi connectivity index (χ2n) is 6.46. The van der Waals surface area contributed by atoms with E-state index in [0.717, 1.165) is 10.3 Å². The first-order chi connectivity index (χ1) is 13.3. The largest absolute Gasteiger partial charge is 0.479 e. The van der Waals surface area contributed by atoms with E-state index in [1.54, 1.807) is 0 Å². The summed E-state index contributed by atoms with van der Waals surface area (Å²) >= 11 is 0. The van der Waals surface area contributed by atoms with Gasteiger partial charge in [0.1, 0.15) is 30.2 Å². The summed E-state index contributed by atoms with van der Waals surface area (Å²) in [6, 6.07) is 0. The molecule has 5 atom stereocenters. The topological polar surface area (TPSA) is 175 Å². The van der Waals surface area contributed by atoms with Crippen molar-refractivity contribution in [2.45, 2.75) is 44.6 Å². The highest BCUT2D eigenvalue weighted by molar-refractivity contribution is 5.73. The molecule has 1 saturated heterocycles. The first-order valence-corrected chi connectivity index (χ1v) is 8.43. The maximum Gasteiger partial charge on any atom is 0.335 e. The van der Waals surface area contributed by atoms with Crippen molar-refractivity contribution in [3.05, 3.63) is 29.8 Å². The number of aromatic amines is 1. The molecule has 0 aliphatic carbocycles. The highest BCUT2D eigenvalue weighted by Crippen LogP contribution is 2.21. The Bertz CT molecular complexity index is 948. The predicted octanol–water partition coefficient (Wildman–Crippen LogP) is -2.05. The number of hydrogen-bond acceptors (Lipinski definition) is 9. The molecule has 0 unspecified atom stereocenters. The molecular formula is C16H21N5O7. The number of ether oxygens (including phenoxy) is 1. The van der Waals surface area contributed by atoms with Gasteiger partial charge in [0.25, 0.3) is 6.29 Å². The number of H-pyrrole nitrogens is 1. The second kappa shape index (κ2) is 8.06. The van der Waals surface area contributed by atoms with Gasteiger partial charge in [-0.1, -0.05) is 11.6 Å². The summed E-state index contributed by atoms with van der Waals surface area (Å²) in [5, 5.41) is 38.8. The fourth-order valence-electron chi connectivity index (χ4n) is 2.61. The molecule has 12 heteroatoms. The Kier molecular flexibility index (Phi) is 5.74. The molecule has 0 spiro atoms. The van der Waals surface area contributed by atoms with Crippen LogP contribution in [0.25, 0.3) is 11.2 Å². The van der Waals surface area contributed by atoms with Gasteiger partial charge in [0.05, 0.1) is 12.9 Å². The molecule has 3 rings (SSSR count). The number of aliphatic hydroxyl groups is 3. The maximum absolute atomic E-state index is 11.2. The number of imidazole rings is 1. The van der Waals surface area contributed by atoms with Crippen molar-refractivity contribution in [3.63, 3.8) is 0 Å². The normalized spacial score (nSPS) is 28.3. The number of carboxylic acid groups (broad SMARTS) is 1. The number of carboxylic acids is 1. The number of nitrogens with one attached hydrogen (secondary N) is 1. The van der Waals surface area contributed by atoms with Gasteiger partial charge in [0.15, 0.2) is 17.2 Å². The first-order valence-electron chi connectivity index (χ1n) is 8.43. The molecule has 0 amide bonds. The Morgan fingerprint density at radius 1 is 1.32 bits per heavy atom. The van der Waals surface area contributed by atoms with E-state index in [2.05, 4.69) is 19.9 Å². The number of nitrogens with zero attached hydrogens (tertiary/aromatic N) is 4. The lowest BCUT2D eigenvalue weighted by Crippen LogP contribution is -2.62. The number of aliphatic hydroxyl groups excluding tert-OH is 3. The molecule has 0 saturated carbocycles. The highest BCUT2D eigenvalue weighted by atomic mass is 16.8. The number of carbonyl (C=O) groups is 1. The molecule has 1 aliphatic rings. The Labute approximate surface area is 158 Å². The number of rotatable bonds is 5. The third kappa shape index (κ3) is 3.89. The molecule has 2 aromatic rings. The zero-order chi connectivity index (χ0) is 20.4. The summed E-state index contributed by atoms with van der Waals surface area (Å²) in [6.45, 7) is 4.32. The second-order valence-corrected chi connectivity index (χ2v) is 6.46. The van der Waals surface area contributed by atoms with Crippen LogP contribution < -0.4 is 10.3 Å². The van der Waals surface area contributed by atoms with Crippen LogP contribution in [0.4, 0.5) is 0 Å². The van der Waals surface area contributed by atoms with Crippen LogP contribution in [0.2, 0.25) is 0 Å². The molecule has 3 heterocycles. The van der Waals surface area contributed by atoms with Crippen molar-refractivity contribution in [1.82, 2.24) is 19.7 Å². The van der Waals surface area contributed by atoms with Crippen molar-refractivity contribution in [1.29, 1.82) is 0 Å². The quantitative estimate of drug-likeness (QED) is 0.357. The van der Waals surface area contributed by atoms with Crippen LogP contribution in [-0.2, 0) is 9.53 Å². The summed E-state index contributed by atoms with van der Waals surface area (Å²) in [6.07, 6.45) is -4.10. The fraction of sp³-hybridized carbons (Fsp3) is 0.500. The van der Waals surface area contributed by atoms with E-state index in [1.807, 2.05) is 19.9 Å². The molecule has 28 heavy (non-hydrogen) atoms. The lowest BCUT2D eigenvalue weighted by Gasteiger charge is -2.38. The van der Waals surface area contributed by atoms with Gasteiger partial charge in [-0.15, -0.1) is 4.73 Å². The predicted molar refractivity (Wildman–Crippen MR) is 92.6 cm³/mol. The summed E-state index contributed by atoms with van der Waals surface area (Å²) < 4.78 is 6.15. The van der Waals surface area contributed by atoms with Gasteiger partial charge >= 0.3 is 5.97 Å². The monoisotopic (exact) mass is 395 g/mol. The summed E-state index contributed by atoms with van der Waals surface area (Å²) in [4.78, 5) is 32.1. The van der Waals surface area contributed by atoms with Crippen LogP contribution >= 0.6 is 0 Å². The molecule has 0 bridgehead atoms. The van der Waals surface area contributed by atoms with Gasteiger partial charge in [0, 0.05) is 0 Å². The van der Waals surface area contributed by atoms with Crippen LogP contribution in [0.1, 0.15) is 13.8 Å². The minimum absolute atomic E-state index is 0.259. The number of aliphatic carboxylic acids is 1. The third-order valence-electron chi connectivity index (χ3n) is 4.11. The summed E-state index contributed by atoms with van der Waals surface area (Å²) in [5.41, 5.74) is 2.20. The molecular weight excluding hydrogens is 374 g/mol. The van der Waals surface area contributed by atoms with Crippen molar-refractivity contribution in [2.75, 3.05) is 6.54 Å². The SMILES string of the molecule is CC(C)=CCN=c1ncn(O[C@@H]2O[C@H](C(=O)O)[C@@H](O)[C@H](O)[C@H]2O)c2nc[nH]c12. The standard InChI is InChI=1S/C16H21N5O7/c1-7(2)3-4-17-13-8-14(19-5-18-8)21(6-20-13)28-16-11(24)9(22)10(23)12(27-16)15(25)26/h3,5-6,9-12,16,22-24H,4H2,1-2H3,(H,18,19)(H,25,26)/t9-,10-,11+,12-,16-/m0/s1. The van der Waals surface area contributed by atoms with Crippen molar-refractivity contribution < 1.29 is 34.8 Å². The van der Waals surface area contributed by atoms with E-state index in [9.17, 15) is 20.1 Å². The summed E-state index contributed by atoms with van der Waals surface area (Å²) in [5.74, 6) is -1.51. The van der Waals surface area contributed by atoms with Crippen LogP contribution in [0.5, 0.6) is 0 Å². The van der Waals surface area contributed by atoms with Gasteiger partial charge in [-0.25, -0.2) is 14.8 Å². The van der Waals surface area contributed by atoms with E-state index in [4.69, 9.17) is 14.7 Å². The van der Waals surface area contributed by atoms with Gasteiger partial charge < -0.3 is 35.0 Å². The van der Waals surface area contributed by atoms with E-state index in [0.29, 0.717) is 17.5 Å². The van der Waals surface area contributed by atoms with E-state index >= 15 is 0 Å². The molecule has 1 fully saturated rings. The molecule has 0 radical (unpaired) electrons. The van der Waals surface area contributed by atoms with E-state index < -0.39 is 36.7 Å². The molecule has 0 aromatic carbocycles. The number of allylic oxidation sites excluding steroid dienone is 1. The average Bonchev–Trinajstić information content (AvgIpc) is 3.13. The van der Waals surface area contributed by atoms with Gasteiger partial charge in [-0.3, -0.25) is 4.99 Å². The molecule has 5 N–H and O–H groups in total.